The van der Waals surface area contributed by atoms with Crippen molar-refractivity contribution in [1.82, 2.24) is 5.32 Å². The van der Waals surface area contributed by atoms with Gasteiger partial charge in [0.25, 0.3) is 11.8 Å². The molecule has 0 aliphatic heterocycles. The highest BCUT2D eigenvalue weighted by Gasteiger charge is 2.20. The van der Waals surface area contributed by atoms with Gasteiger partial charge in [0, 0.05) is 5.56 Å². The van der Waals surface area contributed by atoms with Crippen LogP contribution in [0.2, 0.25) is 10.0 Å². The number of rotatable bonds is 8. The number of anilines is 1. The number of amides is 2. The Morgan fingerprint density at radius 3 is 2.40 bits per heavy atom. The molecule has 0 spiro atoms. The maximum absolute atomic E-state index is 12.2. The van der Waals surface area contributed by atoms with Gasteiger partial charge in [-0.15, -0.1) is 0 Å². The third kappa shape index (κ3) is 6.01. The molecule has 2 rings (SSSR count). The van der Waals surface area contributed by atoms with Crippen LogP contribution in [0.25, 0.3) is 0 Å². The first-order valence-corrected chi connectivity index (χ1v) is 9.47. The second-order valence-electron chi connectivity index (χ2n) is 5.98. The van der Waals surface area contributed by atoms with Gasteiger partial charge in [-0.3, -0.25) is 14.4 Å². The molecule has 1 unspecified atom stereocenters. The molecule has 0 aliphatic carbocycles. The molecule has 2 amide bonds. The molecule has 0 saturated carbocycles. The normalized spacial score (nSPS) is 11.2. The average Bonchev–Trinajstić information content (AvgIpc) is 2.74. The van der Waals surface area contributed by atoms with Crippen molar-refractivity contribution in [2.75, 3.05) is 26.1 Å². The lowest BCUT2D eigenvalue weighted by Crippen LogP contribution is -2.35. The van der Waals surface area contributed by atoms with Crippen LogP contribution in [0.1, 0.15) is 17.3 Å². The predicted octanol–water partition coefficient (Wildman–Crippen LogP) is 3.31. The van der Waals surface area contributed by atoms with E-state index in [2.05, 4.69) is 10.6 Å². The fourth-order valence-electron chi connectivity index (χ4n) is 2.36. The number of ether oxygens (including phenoxy) is 3. The minimum atomic E-state index is -1.12. The molecule has 2 N–H and O–H groups in total. The third-order valence-corrected chi connectivity index (χ3v) is 4.74. The first-order valence-electron chi connectivity index (χ1n) is 8.71. The second kappa shape index (κ2) is 10.7. The van der Waals surface area contributed by atoms with E-state index in [1.807, 2.05) is 0 Å². The van der Waals surface area contributed by atoms with Gasteiger partial charge in [0.15, 0.2) is 17.6 Å². The number of carbonyl (C=O) groups is 3. The first-order chi connectivity index (χ1) is 14.3. The van der Waals surface area contributed by atoms with E-state index >= 15 is 0 Å². The monoisotopic (exact) mass is 454 g/mol. The zero-order valence-corrected chi connectivity index (χ0v) is 18.0. The molecular formula is C20H20Cl2N2O6. The van der Waals surface area contributed by atoms with Crippen LogP contribution in [0.3, 0.4) is 0 Å². The van der Waals surface area contributed by atoms with Crippen molar-refractivity contribution in [1.29, 1.82) is 0 Å². The lowest BCUT2D eigenvalue weighted by molar-refractivity contribution is -0.152. The quantitative estimate of drug-likeness (QED) is 0.593. The van der Waals surface area contributed by atoms with Crippen LogP contribution >= 0.6 is 23.2 Å². The average molecular weight is 455 g/mol. The summed E-state index contributed by atoms with van der Waals surface area (Å²) in [5.41, 5.74) is 0.556. The first kappa shape index (κ1) is 23.3. The molecule has 0 aromatic heterocycles. The van der Waals surface area contributed by atoms with Crippen LogP contribution in [0.4, 0.5) is 5.69 Å². The van der Waals surface area contributed by atoms with Gasteiger partial charge in [-0.1, -0.05) is 29.3 Å². The van der Waals surface area contributed by atoms with Crippen molar-refractivity contribution in [3.63, 3.8) is 0 Å². The number of carbonyl (C=O) groups excluding carboxylic acids is 3. The minimum Gasteiger partial charge on any atom is -0.493 e. The summed E-state index contributed by atoms with van der Waals surface area (Å²) in [7, 11) is 2.92. The standard InChI is InChI=1S/C20H20Cl2N2O6/c1-11(19(26)24-14-6-4-5-13(21)18(14)22)30-17(25)10-23-20(27)12-7-8-15(28-2)16(9-12)29-3/h4-9,11H,10H2,1-3H3,(H,23,27)(H,24,26). The van der Waals surface area contributed by atoms with E-state index in [1.165, 1.54) is 33.3 Å². The van der Waals surface area contributed by atoms with Gasteiger partial charge in [0.05, 0.1) is 30.0 Å². The summed E-state index contributed by atoms with van der Waals surface area (Å²) >= 11 is 11.9. The molecule has 160 valence electrons. The summed E-state index contributed by atoms with van der Waals surface area (Å²) in [5.74, 6) is -1.07. The van der Waals surface area contributed by atoms with Crippen molar-refractivity contribution in [3.8, 4) is 11.5 Å². The molecule has 0 bridgehead atoms. The van der Waals surface area contributed by atoms with Crippen molar-refractivity contribution in [2.24, 2.45) is 0 Å². The van der Waals surface area contributed by atoms with Gasteiger partial charge in [0.1, 0.15) is 6.54 Å². The molecular weight excluding hydrogens is 435 g/mol. The molecule has 0 saturated heterocycles. The van der Waals surface area contributed by atoms with E-state index in [1.54, 1.807) is 24.3 Å². The SMILES string of the molecule is COc1ccc(C(=O)NCC(=O)OC(C)C(=O)Nc2cccc(Cl)c2Cl)cc1OC. The molecule has 10 heteroatoms. The maximum Gasteiger partial charge on any atom is 0.326 e. The Balaban J connectivity index is 1.88. The summed E-state index contributed by atoms with van der Waals surface area (Å²) < 4.78 is 15.3. The molecule has 0 fully saturated rings. The Morgan fingerprint density at radius 2 is 1.73 bits per heavy atom. The Bertz CT molecular complexity index is 951. The van der Waals surface area contributed by atoms with Gasteiger partial charge in [-0.25, -0.2) is 0 Å². The Hall–Kier alpha value is -2.97. The van der Waals surface area contributed by atoms with Crippen LogP contribution in [0.15, 0.2) is 36.4 Å². The summed E-state index contributed by atoms with van der Waals surface area (Å²) in [5, 5.41) is 5.39. The lowest BCUT2D eigenvalue weighted by atomic mass is 10.2. The predicted molar refractivity (Wildman–Crippen MR) is 113 cm³/mol. The number of nitrogens with one attached hydrogen (secondary N) is 2. The van der Waals surface area contributed by atoms with Crippen molar-refractivity contribution in [2.45, 2.75) is 13.0 Å². The van der Waals surface area contributed by atoms with Crippen molar-refractivity contribution < 1.29 is 28.6 Å². The fourth-order valence-corrected chi connectivity index (χ4v) is 2.71. The Morgan fingerprint density at radius 1 is 1.03 bits per heavy atom. The van der Waals surface area contributed by atoms with Crippen LogP contribution in [-0.4, -0.2) is 44.7 Å². The summed E-state index contributed by atoms with van der Waals surface area (Å²) in [6.45, 7) is 0.963. The minimum absolute atomic E-state index is 0.174. The molecule has 0 aliphatic rings. The number of esters is 1. The van der Waals surface area contributed by atoms with E-state index in [4.69, 9.17) is 37.4 Å². The van der Waals surface area contributed by atoms with Gasteiger partial charge >= 0.3 is 5.97 Å². The number of halogens is 2. The summed E-state index contributed by atoms with van der Waals surface area (Å²) in [6.07, 6.45) is -1.12. The largest absolute Gasteiger partial charge is 0.493 e. The van der Waals surface area contributed by atoms with E-state index < -0.39 is 30.4 Å². The summed E-state index contributed by atoms with van der Waals surface area (Å²) in [4.78, 5) is 36.4. The van der Waals surface area contributed by atoms with Crippen LogP contribution < -0.4 is 20.1 Å². The smallest absolute Gasteiger partial charge is 0.326 e. The van der Waals surface area contributed by atoms with Crippen LogP contribution in [0.5, 0.6) is 11.5 Å². The molecule has 0 heterocycles. The van der Waals surface area contributed by atoms with Gasteiger partial charge in [-0.2, -0.15) is 0 Å². The molecule has 1 atom stereocenters. The van der Waals surface area contributed by atoms with Gasteiger partial charge < -0.3 is 24.8 Å². The zero-order valence-electron chi connectivity index (χ0n) is 16.5. The van der Waals surface area contributed by atoms with Crippen LogP contribution in [-0.2, 0) is 14.3 Å². The lowest BCUT2D eigenvalue weighted by Gasteiger charge is -2.15. The van der Waals surface area contributed by atoms with E-state index in [0.29, 0.717) is 17.2 Å². The van der Waals surface area contributed by atoms with Crippen LogP contribution in [0, 0.1) is 0 Å². The van der Waals surface area contributed by atoms with E-state index in [0.717, 1.165) is 0 Å². The molecule has 0 radical (unpaired) electrons. The van der Waals surface area contributed by atoms with Crippen molar-refractivity contribution >= 4 is 46.7 Å². The van der Waals surface area contributed by atoms with Gasteiger partial charge in [0.2, 0.25) is 0 Å². The van der Waals surface area contributed by atoms with Crippen molar-refractivity contribution in [3.05, 3.63) is 52.0 Å². The summed E-state index contributed by atoms with van der Waals surface area (Å²) in [6, 6.07) is 9.31. The number of benzene rings is 2. The number of hydrogen-bond donors (Lipinski definition) is 2. The molecule has 2 aromatic rings. The topological polar surface area (TPSA) is 103 Å². The Kier molecular flexibility index (Phi) is 8.32. The van der Waals surface area contributed by atoms with E-state index in [-0.39, 0.29) is 15.6 Å². The van der Waals surface area contributed by atoms with Gasteiger partial charge in [-0.05, 0) is 37.3 Å². The molecule has 8 nitrogen and oxygen atoms in total. The second-order valence-corrected chi connectivity index (χ2v) is 6.76. The zero-order chi connectivity index (χ0) is 22.3. The highest BCUT2D eigenvalue weighted by atomic mass is 35.5. The highest BCUT2D eigenvalue weighted by molar-refractivity contribution is 6.44. The third-order valence-electron chi connectivity index (χ3n) is 3.93. The molecule has 2 aromatic carbocycles. The number of methoxy groups -OCH3 is 2. The van der Waals surface area contributed by atoms with E-state index in [9.17, 15) is 14.4 Å². The Labute approximate surface area is 183 Å². The molecule has 30 heavy (non-hydrogen) atoms. The number of hydrogen-bond acceptors (Lipinski definition) is 6. The fraction of sp³-hybridized carbons (Fsp3) is 0.250. The maximum atomic E-state index is 12.2. The highest BCUT2D eigenvalue weighted by Crippen LogP contribution is 2.29.